The maximum Gasteiger partial charge on any atom is 0.242 e. The van der Waals surface area contributed by atoms with Crippen LogP contribution in [0.5, 0.6) is 0 Å². The third-order valence-electron chi connectivity index (χ3n) is 4.48. The lowest BCUT2D eigenvalue weighted by Crippen LogP contribution is -2.66. The number of piperidine rings is 3. The highest BCUT2D eigenvalue weighted by atomic mass is 16.2. The van der Waals surface area contributed by atoms with Crippen LogP contribution in [0.1, 0.15) is 19.8 Å². The molecule has 0 saturated carbocycles. The Morgan fingerprint density at radius 2 is 1.94 bits per heavy atom. The van der Waals surface area contributed by atoms with Crippen LogP contribution in [0.2, 0.25) is 0 Å². The van der Waals surface area contributed by atoms with E-state index < -0.39 is 0 Å². The smallest absolute Gasteiger partial charge is 0.242 e. The Balaban J connectivity index is 1.82. The number of amides is 2. The molecule has 2 atom stereocenters. The van der Waals surface area contributed by atoms with Crippen LogP contribution in [-0.2, 0) is 9.59 Å². The summed E-state index contributed by atoms with van der Waals surface area (Å²) in [5.74, 6) is 0.661. The molecule has 0 aromatic heterocycles. The van der Waals surface area contributed by atoms with Crippen LogP contribution in [0, 0.1) is 5.92 Å². The van der Waals surface area contributed by atoms with Gasteiger partial charge in [-0.2, -0.15) is 0 Å². The predicted molar refractivity (Wildman–Crippen MR) is 62.3 cm³/mol. The number of hydrogen-bond acceptors (Lipinski definition) is 3. The molecule has 4 rings (SSSR count). The van der Waals surface area contributed by atoms with E-state index in [2.05, 4.69) is 10.2 Å². The van der Waals surface area contributed by atoms with Crippen molar-refractivity contribution in [1.29, 1.82) is 0 Å². The Labute approximate surface area is 101 Å². The molecular formula is C12H19N3O2. The number of fused-ring (bicyclic) bond motifs is 3. The quantitative estimate of drug-likeness (QED) is 0.664. The fourth-order valence-corrected chi connectivity index (χ4v) is 3.47. The second-order valence-electron chi connectivity index (χ2n) is 5.40. The molecule has 1 N–H and O–H groups in total. The van der Waals surface area contributed by atoms with E-state index in [1.54, 1.807) is 0 Å². The Kier molecular flexibility index (Phi) is 2.58. The topological polar surface area (TPSA) is 52.7 Å². The molecule has 0 aromatic carbocycles. The highest BCUT2D eigenvalue weighted by Crippen LogP contribution is 2.32. The molecule has 0 aliphatic carbocycles. The SMILES string of the molecule is CC1C(=O)NCC(=O)N1C1CN2CCC1CC2. The molecule has 0 spiro atoms. The first-order chi connectivity index (χ1) is 8.16. The van der Waals surface area contributed by atoms with Gasteiger partial charge in [0.15, 0.2) is 0 Å². The van der Waals surface area contributed by atoms with Crippen LogP contribution in [0.15, 0.2) is 0 Å². The van der Waals surface area contributed by atoms with Crippen molar-refractivity contribution in [2.75, 3.05) is 26.2 Å². The lowest BCUT2D eigenvalue weighted by atomic mass is 9.82. The molecule has 4 fully saturated rings. The van der Waals surface area contributed by atoms with E-state index in [1.165, 1.54) is 12.8 Å². The lowest BCUT2D eigenvalue weighted by molar-refractivity contribution is -0.152. The molecule has 0 radical (unpaired) electrons. The average molecular weight is 237 g/mol. The molecule has 2 unspecified atom stereocenters. The third-order valence-corrected chi connectivity index (χ3v) is 4.48. The monoisotopic (exact) mass is 237 g/mol. The molecule has 4 aliphatic heterocycles. The van der Waals surface area contributed by atoms with Crippen LogP contribution >= 0.6 is 0 Å². The van der Waals surface area contributed by atoms with Gasteiger partial charge in [0.25, 0.3) is 0 Å². The zero-order valence-electron chi connectivity index (χ0n) is 10.2. The van der Waals surface area contributed by atoms with E-state index in [0.717, 1.165) is 19.6 Å². The van der Waals surface area contributed by atoms with Crippen molar-refractivity contribution in [2.45, 2.75) is 31.8 Å². The van der Waals surface area contributed by atoms with Crippen LogP contribution in [0.25, 0.3) is 0 Å². The summed E-state index contributed by atoms with van der Waals surface area (Å²) < 4.78 is 0. The van der Waals surface area contributed by atoms with Crippen LogP contribution in [0.4, 0.5) is 0 Å². The van der Waals surface area contributed by atoms with Gasteiger partial charge >= 0.3 is 0 Å². The Morgan fingerprint density at radius 3 is 2.53 bits per heavy atom. The fraction of sp³-hybridized carbons (Fsp3) is 0.833. The zero-order valence-corrected chi connectivity index (χ0v) is 10.2. The van der Waals surface area contributed by atoms with Gasteiger partial charge < -0.3 is 15.1 Å². The maximum atomic E-state index is 12.0. The van der Waals surface area contributed by atoms with Gasteiger partial charge in [-0.3, -0.25) is 9.59 Å². The molecule has 94 valence electrons. The Bertz CT molecular complexity index is 350. The summed E-state index contributed by atoms with van der Waals surface area (Å²) in [5.41, 5.74) is 0. The summed E-state index contributed by atoms with van der Waals surface area (Å²) >= 11 is 0. The first kappa shape index (κ1) is 11.0. The van der Waals surface area contributed by atoms with E-state index in [-0.39, 0.29) is 30.4 Å². The number of piperazine rings is 1. The fourth-order valence-electron chi connectivity index (χ4n) is 3.47. The van der Waals surface area contributed by atoms with Crippen molar-refractivity contribution < 1.29 is 9.59 Å². The van der Waals surface area contributed by atoms with Crippen LogP contribution in [-0.4, -0.2) is 59.9 Å². The molecule has 5 heteroatoms. The number of nitrogens with zero attached hydrogens (tertiary/aromatic N) is 2. The van der Waals surface area contributed by atoms with Crippen molar-refractivity contribution in [3.8, 4) is 0 Å². The van der Waals surface area contributed by atoms with E-state index in [4.69, 9.17) is 0 Å². The second-order valence-corrected chi connectivity index (χ2v) is 5.40. The van der Waals surface area contributed by atoms with Gasteiger partial charge in [-0.15, -0.1) is 0 Å². The van der Waals surface area contributed by atoms with E-state index in [9.17, 15) is 9.59 Å². The van der Waals surface area contributed by atoms with Crippen LogP contribution < -0.4 is 5.32 Å². The van der Waals surface area contributed by atoms with Crippen LogP contribution in [0.3, 0.4) is 0 Å². The molecule has 2 bridgehead atoms. The summed E-state index contributed by atoms with van der Waals surface area (Å²) in [4.78, 5) is 28.0. The number of nitrogens with one attached hydrogen (secondary N) is 1. The molecule has 4 heterocycles. The maximum absolute atomic E-state index is 12.0. The van der Waals surface area contributed by atoms with E-state index >= 15 is 0 Å². The zero-order chi connectivity index (χ0) is 12.0. The van der Waals surface area contributed by atoms with Gasteiger partial charge in [0.2, 0.25) is 11.8 Å². The van der Waals surface area contributed by atoms with Gasteiger partial charge in [0.1, 0.15) is 6.04 Å². The highest BCUT2D eigenvalue weighted by Gasteiger charge is 2.43. The molecular weight excluding hydrogens is 218 g/mol. The lowest BCUT2D eigenvalue weighted by Gasteiger charge is -2.51. The van der Waals surface area contributed by atoms with Gasteiger partial charge in [-0.25, -0.2) is 0 Å². The summed E-state index contributed by atoms with van der Waals surface area (Å²) in [5, 5.41) is 2.65. The second kappa shape index (κ2) is 3.98. The molecule has 4 aliphatic rings. The normalized spacial score (nSPS) is 41.6. The van der Waals surface area contributed by atoms with Gasteiger partial charge in [-0.1, -0.05) is 0 Å². The van der Waals surface area contributed by atoms with Gasteiger partial charge in [-0.05, 0) is 38.8 Å². The van der Waals surface area contributed by atoms with Crippen molar-refractivity contribution in [3.05, 3.63) is 0 Å². The van der Waals surface area contributed by atoms with Gasteiger partial charge in [0, 0.05) is 12.6 Å². The van der Waals surface area contributed by atoms with Crippen molar-refractivity contribution in [2.24, 2.45) is 5.92 Å². The average Bonchev–Trinajstić information content (AvgIpc) is 2.36. The first-order valence-corrected chi connectivity index (χ1v) is 6.48. The number of carbonyl (C=O) groups is 2. The summed E-state index contributed by atoms with van der Waals surface area (Å²) in [7, 11) is 0. The minimum Gasteiger partial charge on any atom is -0.345 e. The first-order valence-electron chi connectivity index (χ1n) is 6.48. The highest BCUT2D eigenvalue weighted by molar-refractivity contribution is 5.94. The largest absolute Gasteiger partial charge is 0.345 e. The van der Waals surface area contributed by atoms with Crippen molar-refractivity contribution in [1.82, 2.24) is 15.1 Å². The summed E-state index contributed by atoms with van der Waals surface area (Å²) in [6.07, 6.45) is 2.34. The molecule has 5 nitrogen and oxygen atoms in total. The summed E-state index contributed by atoms with van der Waals surface area (Å²) in [6.45, 7) is 5.28. The third kappa shape index (κ3) is 1.73. The number of carbonyl (C=O) groups excluding carboxylic acids is 2. The Morgan fingerprint density at radius 1 is 1.24 bits per heavy atom. The van der Waals surface area contributed by atoms with E-state index in [1.807, 2.05) is 11.8 Å². The van der Waals surface area contributed by atoms with Crippen molar-refractivity contribution in [3.63, 3.8) is 0 Å². The standard InChI is InChI=1S/C12H19N3O2/c1-8-12(17)13-6-11(16)15(8)10-7-14-4-2-9(10)3-5-14/h8-10H,2-7H2,1H3,(H,13,17). The van der Waals surface area contributed by atoms with Crippen molar-refractivity contribution >= 4 is 11.8 Å². The molecule has 0 aromatic rings. The van der Waals surface area contributed by atoms with Gasteiger partial charge in [0.05, 0.1) is 6.54 Å². The predicted octanol–water partition coefficient (Wildman–Crippen LogP) is -0.572. The minimum absolute atomic E-state index is 0.0129. The molecule has 4 saturated heterocycles. The molecule has 2 amide bonds. The Hall–Kier alpha value is -1.10. The molecule has 17 heavy (non-hydrogen) atoms. The number of hydrogen-bond donors (Lipinski definition) is 1. The number of rotatable bonds is 1. The minimum atomic E-state index is -0.304. The van der Waals surface area contributed by atoms with E-state index in [0.29, 0.717) is 5.92 Å². The summed E-state index contributed by atoms with van der Waals surface area (Å²) in [6, 6.07) is -0.0483.